The van der Waals surface area contributed by atoms with Crippen molar-refractivity contribution in [2.45, 2.75) is 67.0 Å². The molecule has 0 radical (unpaired) electrons. The summed E-state index contributed by atoms with van der Waals surface area (Å²) in [4.78, 5) is 13.7. The summed E-state index contributed by atoms with van der Waals surface area (Å²) in [7, 11) is 0. The van der Waals surface area contributed by atoms with Crippen LogP contribution in [0.4, 0.5) is 0 Å². The molecule has 1 N–H and O–H groups in total. The highest BCUT2D eigenvalue weighted by Crippen LogP contribution is 2.42. The highest BCUT2D eigenvalue weighted by molar-refractivity contribution is 6.31. The molecule has 0 aliphatic heterocycles. The first-order chi connectivity index (χ1) is 16.5. The first-order valence-corrected chi connectivity index (χ1v) is 12.8. The zero-order valence-electron chi connectivity index (χ0n) is 21.7. The molecule has 3 aromatic rings. The second-order valence-corrected chi connectivity index (χ2v) is 11.1. The van der Waals surface area contributed by atoms with Crippen LogP contribution in [-0.2, 0) is 6.54 Å². The Bertz CT molecular complexity index is 1270. The Labute approximate surface area is 214 Å². The quantitative estimate of drug-likeness (QED) is 0.382. The van der Waals surface area contributed by atoms with Crippen molar-refractivity contribution in [3.63, 3.8) is 0 Å². The van der Waals surface area contributed by atoms with Crippen molar-refractivity contribution in [1.29, 1.82) is 0 Å². The Kier molecular flexibility index (Phi) is 6.97. The van der Waals surface area contributed by atoms with Crippen LogP contribution in [0.1, 0.15) is 66.4 Å². The lowest BCUT2D eigenvalue weighted by Crippen LogP contribution is -2.52. The largest absolute Gasteiger partial charge is 0.347 e. The normalized spacial score (nSPS) is 19.6. The van der Waals surface area contributed by atoms with Gasteiger partial charge in [-0.15, -0.1) is 0 Å². The van der Waals surface area contributed by atoms with Crippen LogP contribution in [0.25, 0.3) is 11.3 Å². The monoisotopic (exact) mass is 489 g/mol. The van der Waals surface area contributed by atoms with Gasteiger partial charge in [0.2, 0.25) is 0 Å². The van der Waals surface area contributed by atoms with Crippen LogP contribution in [-0.4, -0.2) is 21.7 Å². The summed E-state index contributed by atoms with van der Waals surface area (Å²) in [5, 5.41) is 8.92. The van der Waals surface area contributed by atoms with Gasteiger partial charge in [0.1, 0.15) is 0 Å². The van der Waals surface area contributed by atoms with Gasteiger partial charge < -0.3 is 5.32 Å². The van der Waals surface area contributed by atoms with Crippen LogP contribution >= 0.6 is 11.6 Å². The predicted octanol–water partition coefficient (Wildman–Crippen LogP) is 7.29. The maximum absolute atomic E-state index is 13.7. The summed E-state index contributed by atoms with van der Waals surface area (Å²) in [6, 6.07) is 14.4. The van der Waals surface area contributed by atoms with E-state index in [0.29, 0.717) is 18.2 Å². The molecule has 1 aromatic heterocycles. The summed E-state index contributed by atoms with van der Waals surface area (Å²) in [5.41, 5.74) is 7.66. The van der Waals surface area contributed by atoms with E-state index in [9.17, 15) is 4.79 Å². The highest BCUT2D eigenvalue weighted by Gasteiger charge is 2.41. The molecule has 1 heterocycles. The average Bonchev–Trinajstić information content (AvgIpc) is 3.13. The van der Waals surface area contributed by atoms with E-state index in [-0.39, 0.29) is 17.4 Å². The standard InChI is InChI=1S/C30H36ClN3O/c1-18-8-12-23(13-9-18)17-34-27(24-14-15-25(31)20(3)16-24)22(5)26(33-34)29(35)32-28-19(2)10-11-21(4)30(28,6)7/h8-9,12-16,19,28H,4,10-11,17H2,1-3,5-7H3,(H,32,35). The van der Waals surface area contributed by atoms with E-state index in [1.165, 1.54) is 11.1 Å². The smallest absolute Gasteiger partial charge is 0.272 e. The molecule has 4 rings (SSSR count). The minimum absolute atomic E-state index is 0.0131. The lowest BCUT2D eigenvalue weighted by Gasteiger charge is -2.44. The van der Waals surface area contributed by atoms with Gasteiger partial charge in [0.15, 0.2) is 5.69 Å². The first kappa shape index (κ1) is 25.2. The van der Waals surface area contributed by atoms with E-state index in [4.69, 9.17) is 16.7 Å². The minimum Gasteiger partial charge on any atom is -0.347 e. The molecule has 2 unspecified atom stereocenters. The number of hydrogen-bond acceptors (Lipinski definition) is 2. The molecule has 1 amide bonds. The van der Waals surface area contributed by atoms with Gasteiger partial charge in [0.25, 0.3) is 5.91 Å². The summed E-state index contributed by atoms with van der Waals surface area (Å²) >= 11 is 6.31. The number of aryl methyl sites for hydroxylation is 2. The molecule has 1 fully saturated rings. The van der Waals surface area contributed by atoms with E-state index in [1.807, 2.05) is 30.7 Å². The summed E-state index contributed by atoms with van der Waals surface area (Å²) in [5.74, 6) is 0.240. The number of amides is 1. The van der Waals surface area contributed by atoms with E-state index in [2.05, 4.69) is 69.9 Å². The Balaban J connectivity index is 1.75. The number of nitrogens with zero attached hydrogens (tertiary/aromatic N) is 2. The Morgan fingerprint density at radius 1 is 1.17 bits per heavy atom. The molecule has 1 aliphatic rings. The van der Waals surface area contributed by atoms with Gasteiger partial charge in [-0.3, -0.25) is 9.48 Å². The zero-order chi connectivity index (χ0) is 25.5. The van der Waals surface area contributed by atoms with Crippen molar-refractivity contribution < 1.29 is 4.79 Å². The van der Waals surface area contributed by atoms with E-state index >= 15 is 0 Å². The molecule has 0 saturated heterocycles. The molecule has 0 spiro atoms. The summed E-state index contributed by atoms with van der Waals surface area (Å²) in [6.45, 7) is 17.5. The number of halogens is 1. The summed E-state index contributed by atoms with van der Waals surface area (Å²) in [6.07, 6.45) is 2.04. The predicted molar refractivity (Wildman–Crippen MR) is 145 cm³/mol. The van der Waals surface area contributed by atoms with Crippen molar-refractivity contribution in [2.75, 3.05) is 0 Å². The number of nitrogens with one attached hydrogen (secondary N) is 1. The van der Waals surface area contributed by atoms with Crippen LogP contribution in [0, 0.1) is 32.1 Å². The molecule has 1 aliphatic carbocycles. The molecule has 2 atom stereocenters. The number of hydrogen-bond donors (Lipinski definition) is 1. The summed E-state index contributed by atoms with van der Waals surface area (Å²) < 4.78 is 1.95. The average molecular weight is 490 g/mol. The first-order valence-electron chi connectivity index (χ1n) is 12.4. The minimum atomic E-state index is -0.165. The fourth-order valence-electron chi connectivity index (χ4n) is 5.26. The number of carbonyl (C=O) groups excluding carboxylic acids is 1. The third kappa shape index (κ3) is 4.95. The number of aromatic nitrogens is 2. The molecule has 184 valence electrons. The van der Waals surface area contributed by atoms with Gasteiger partial charge in [0, 0.05) is 27.6 Å². The molecule has 5 heteroatoms. The fourth-order valence-corrected chi connectivity index (χ4v) is 5.38. The Morgan fingerprint density at radius 3 is 2.51 bits per heavy atom. The molecular formula is C30H36ClN3O. The van der Waals surface area contributed by atoms with E-state index in [0.717, 1.165) is 45.8 Å². The van der Waals surface area contributed by atoms with Gasteiger partial charge in [0.05, 0.1) is 12.2 Å². The molecular weight excluding hydrogens is 454 g/mol. The Hall–Kier alpha value is -2.85. The maximum Gasteiger partial charge on any atom is 0.272 e. The molecule has 4 nitrogen and oxygen atoms in total. The molecule has 2 aromatic carbocycles. The van der Waals surface area contributed by atoms with Crippen LogP contribution in [0.3, 0.4) is 0 Å². The number of rotatable bonds is 5. The van der Waals surface area contributed by atoms with Crippen molar-refractivity contribution in [1.82, 2.24) is 15.1 Å². The SMILES string of the molecule is C=C1CCC(C)C(NC(=O)c2nn(Cc3ccc(C)cc3)c(-c3ccc(Cl)c(C)c3)c2C)C1(C)C. The zero-order valence-corrected chi connectivity index (χ0v) is 22.5. The van der Waals surface area contributed by atoms with Crippen molar-refractivity contribution >= 4 is 17.5 Å². The van der Waals surface area contributed by atoms with Gasteiger partial charge in [-0.2, -0.15) is 5.10 Å². The lowest BCUT2D eigenvalue weighted by atomic mass is 9.66. The van der Waals surface area contributed by atoms with E-state index in [1.54, 1.807) is 0 Å². The van der Waals surface area contributed by atoms with Crippen molar-refractivity contribution in [3.8, 4) is 11.3 Å². The van der Waals surface area contributed by atoms with Crippen molar-refractivity contribution in [3.05, 3.63) is 87.6 Å². The van der Waals surface area contributed by atoms with Gasteiger partial charge in [-0.1, -0.05) is 80.4 Å². The Morgan fingerprint density at radius 2 is 1.86 bits per heavy atom. The number of carbonyl (C=O) groups is 1. The lowest BCUT2D eigenvalue weighted by molar-refractivity contribution is 0.0844. The topological polar surface area (TPSA) is 46.9 Å². The van der Waals surface area contributed by atoms with Crippen LogP contribution in [0.15, 0.2) is 54.6 Å². The second kappa shape index (κ2) is 9.66. The number of benzene rings is 2. The van der Waals surface area contributed by atoms with Gasteiger partial charge >= 0.3 is 0 Å². The fraction of sp³-hybridized carbons (Fsp3) is 0.400. The van der Waals surface area contributed by atoms with Gasteiger partial charge in [-0.25, -0.2) is 0 Å². The van der Waals surface area contributed by atoms with Crippen LogP contribution in [0.5, 0.6) is 0 Å². The van der Waals surface area contributed by atoms with Gasteiger partial charge in [-0.05, 0) is 62.8 Å². The highest BCUT2D eigenvalue weighted by atomic mass is 35.5. The van der Waals surface area contributed by atoms with Crippen LogP contribution in [0.2, 0.25) is 5.02 Å². The second-order valence-electron chi connectivity index (χ2n) is 10.7. The molecule has 0 bridgehead atoms. The third-order valence-electron chi connectivity index (χ3n) is 7.73. The van der Waals surface area contributed by atoms with E-state index < -0.39 is 0 Å². The molecule has 35 heavy (non-hydrogen) atoms. The molecule has 1 saturated carbocycles. The maximum atomic E-state index is 13.7. The third-order valence-corrected chi connectivity index (χ3v) is 8.16. The van der Waals surface area contributed by atoms with Crippen LogP contribution < -0.4 is 5.32 Å². The van der Waals surface area contributed by atoms with Crippen molar-refractivity contribution in [2.24, 2.45) is 11.3 Å².